The van der Waals surface area contributed by atoms with E-state index in [-0.39, 0.29) is 5.11 Å². The molecule has 132 valence electrons. The Kier molecular flexibility index (Phi) is 7.73. The van der Waals surface area contributed by atoms with Crippen LogP contribution in [0.15, 0.2) is 41.5 Å². The first-order valence-electron chi connectivity index (χ1n) is 7.41. The van der Waals surface area contributed by atoms with E-state index in [1.54, 1.807) is 6.21 Å². The molecule has 0 fully saturated rings. The van der Waals surface area contributed by atoms with E-state index in [4.69, 9.17) is 39.0 Å². The molecular weight excluding hydrogens is 473 g/mol. The van der Waals surface area contributed by atoms with Crippen molar-refractivity contribution in [1.29, 1.82) is 0 Å². The summed E-state index contributed by atoms with van der Waals surface area (Å²) < 4.78 is 12.6. The summed E-state index contributed by atoms with van der Waals surface area (Å²) in [5.41, 5.74) is 9.73. The van der Waals surface area contributed by atoms with Gasteiger partial charge in [-0.2, -0.15) is 5.10 Å². The molecule has 8 heteroatoms. The van der Waals surface area contributed by atoms with Crippen molar-refractivity contribution in [3.8, 4) is 11.5 Å². The van der Waals surface area contributed by atoms with Crippen molar-refractivity contribution < 1.29 is 9.47 Å². The predicted molar refractivity (Wildman–Crippen MR) is 114 cm³/mol. The van der Waals surface area contributed by atoms with Crippen molar-refractivity contribution in [3.05, 3.63) is 56.1 Å². The number of nitrogens with two attached hydrogens (primary N) is 1. The number of benzene rings is 2. The molecule has 0 saturated carbocycles. The number of hydrogen-bond acceptors (Lipinski definition) is 4. The first kappa shape index (κ1) is 19.7. The van der Waals surface area contributed by atoms with Crippen molar-refractivity contribution in [3.63, 3.8) is 0 Å². The smallest absolute Gasteiger partial charge is 0.184 e. The summed E-state index contributed by atoms with van der Waals surface area (Å²) in [4.78, 5) is 0. The van der Waals surface area contributed by atoms with Gasteiger partial charge in [0.15, 0.2) is 16.6 Å². The summed E-state index contributed by atoms with van der Waals surface area (Å²) in [5.74, 6) is 1.34. The molecule has 5 nitrogen and oxygen atoms in total. The minimum Gasteiger partial charge on any atom is -0.490 e. The molecule has 0 atom stereocenters. The van der Waals surface area contributed by atoms with Crippen LogP contribution >= 0.6 is 46.4 Å². The maximum absolute atomic E-state index is 5.97. The van der Waals surface area contributed by atoms with Crippen molar-refractivity contribution >= 4 is 57.7 Å². The molecule has 0 spiro atoms. The van der Waals surface area contributed by atoms with Crippen LogP contribution in [0.3, 0.4) is 0 Å². The van der Waals surface area contributed by atoms with Crippen LogP contribution in [0.25, 0.3) is 0 Å². The Morgan fingerprint density at radius 3 is 2.68 bits per heavy atom. The third kappa shape index (κ3) is 6.33. The molecule has 2 aromatic rings. The van der Waals surface area contributed by atoms with Crippen molar-refractivity contribution in [2.24, 2.45) is 10.8 Å². The second kappa shape index (κ2) is 9.79. The van der Waals surface area contributed by atoms with E-state index in [0.717, 1.165) is 14.7 Å². The molecule has 0 radical (unpaired) electrons. The highest BCUT2D eigenvalue weighted by atomic mass is 127. The van der Waals surface area contributed by atoms with Gasteiger partial charge < -0.3 is 15.2 Å². The van der Waals surface area contributed by atoms with Crippen LogP contribution in [0.4, 0.5) is 0 Å². The van der Waals surface area contributed by atoms with E-state index < -0.39 is 0 Å². The Morgan fingerprint density at radius 1 is 1.32 bits per heavy atom. The fourth-order valence-electron chi connectivity index (χ4n) is 1.97. The van der Waals surface area contributed by atoms with Gasteiger partial charge in [-0.05, 0) is 77.1 Å². The van der Waals surface area contributed by atoms with E-state index in [1.165, 1.54) is 0 Å². The van der Waals surface area contributed by atoms with Gasteiger partial charge in [0.1, 0.15) is 6.61 Å². The molecule has 0 aliphatic carbocycles. The largest absolute Gasteiger partial charge is 0.490 e. The lowest BCUT2D eigenvalue weighted by atomic mass is 10.2. The van der Waals surface area contributed by atoms with Gasteiger partial charge in [0, 0.05) is 5.02 Å². The number of nitrogens with zero attached hydrogens (tertiary/aromatic N) is 1. The number of hydrazone groups is 1. The molecule has 0 saturated heterocycles. The van der Waals surface area contributed by atoms with Gasteiger partial charge in [0.25, 0.3) is 0 Å². The third-order valence-corrected chi connectivity index (χ3v) is 4.16. The molecular formula is C17H17ClIN3O2S. The number of thiocarbonyl (C=S) groups is 1. The average molecular weight is 490 g/mol. The van der Waals surface area contributed by atoms with Crippen LogP contribution in [-0.4, -0.2) is 17.9 Å². The quantitative estimate of drug-likeness (QED) is 0.265. The molecule has 0 aromatic heterocycles. The van der Waals surface area contributed by atoms with Crippen LogP contribution in [0.2, 0.25) is 5.02 Å². The zero-order valence-electron chi connectivity index (χ0n) is 13.5. The molecule has 0 amide bonds. The maximum Gasteiger partial charge on any atom is 0.184 e. The van der Waals surface area contributed by atoms with Gasteiger partial charge in [-0.15, -0.1) is 0 Å². The summed E-state index contributed by atoms with van der Waals surface area (Å²) in [6, 6.07) is 11.3. The van der Waals surface area contributed by atoms with E-state index in [0.29, 0.717) is 29.7 Å². The molecule has 2 rings (SSSR count). The molecule has 0 bridgehead atoms. The first-order chi connectivity index (χ1) is 12.0. The number of rotatable bonds is 7. The lowest BCUT2D eigenvalue weighted by molar-refractivity contribution is 0.267. The number of nitrogens with one attached hydrogen (secondary N) is 1. The highest BCUT2D eigenvalue weighted by molar-refractivity contribution is 14.1. The summed E-state index contributed by atoms with van der Waals surface area (Å²) in [6.07, 6.45) is 1.62. The average Bonchev–Trinajstić information content (AvgIpc) is 2.55. The van der Waals surface area contributed by atoms with E-state index >= 15 is 0 Å². The number of ether oxygens (including phenoxy) is 2. The molecule has 25 heavy (non-hydrogen) atoms. The summed E-state index contributed by atoms with van der Waals surface area (Å²) in [7, 11) is 0. The SMILES string of the molecule is CCOc1cc(/C=N\NC(N)=S)cc(I)c1OCc1ccc(Cl)cc1. The lowest BCUT2D eigenvalue weighted by Crippen LogP contribution is -2.24. The predicted octanol–water partition coefficient (Wildman–Crippen LogP) is 4.09. The number of halogens is 2. The highest BCUT2D eigenvalue weighted by Gasteiger charge is 2.12. The van der Waals surface area contributed by atoms with Crippen LogP contribution in [0, 0.1) is 3.57 Å². The van der Waals surface area contributed by atoms with Gasteiger partial charge in [-0.25, -0.2) is 0 Å². The van der Waals surface area contributed by atoms with Crippen molar-refractivity contribution in [1.82, 2.24) is 5.43 Å². The van der Waals surface area contributed by atoms with Crippen LogP contribution in [0.1, 0.15) is 18.1 Å². The second-order valence-electron chi connectivity index (χ2n) is 4.91. The first-order valence-corrected chi connectivity index (χ1v) is 9.28. The topological polar surface area (TPSA) is 68.9 Å². The van der Waals surface area contributed by atoms with E-state index in [2.05, 4.69) is 33.1 Å². The summed E-state index contributed by atoms with van der Waals surface area (Å²) in [5, 5.41) is 4.77. The molecule has 0 heterocycles. The fraction of sp³-hybridized carbons (Fsp3) is 0.176. The molecule has 0 aliphatic heterocycles. The van der Waals surface area contributed by atoms with Gasteiger partial charge in [-0.3, -0.25) is 5.43 Å². The van der Waals surface area contributed by atoms with E-state index in [9.17, 15) is 0 Å². The molecule has 0 unspecified atom stereocenters. The molecule has 0 aliphatic rings. The Labute approximate surface area is 170 Å². The zero-order valence-corrected chi connectivity index (χ0v) is 17.2. The Hall–Kier alpha value is -1.58. The number of hydrogen-bond donors (Lipinski definition) is 2. The molecule has 3 N–H and O–H groups in total. The van der Waals surface area contributed by atoms with E-state index in [1.807, 2.05) is 43.3 Å². The van der Waals surface area contributed by atoms with Crippen LogP contribution in [-0.2, 0) is 6.61 Å². The van der Waals surface area contributed by atoms with Gasteiger partial charge in [0.2, 0.25) is 0 Å². The van der Waals surface area contributed by atoms with Gasteiger partial charge in [-0.1, -0.05) is 23.7 Å². The lowest BCUT2D eigenvalue weighted by Gasteiger charge is -2.14. The molecule has 2 aromatic carbocycles. The monoisotopic (exact) mass is 489 g/mol. The minimum atomic E-state index is 0.110. The minimum absolute atomic E-state index is 0.110. The fourth-order valence-corrected chi connectivity index (χ4v) is 2.93. The second-order valence-corrected chi connectivity index (χ2v) is 6.95. The van der Waals surface area contributed by atoms with Crippen LogP contribution in [0.5, 0.6) is 11.5 Å². The Morgan fingerprint density at radius 2 is 2.04 bits per heavy atom. The maximum atomic E-state index is 5.97. The van der Waals surface area contributed by atoms with Crippen molar-refractivity contribution in [2.75, 3.05) is 6.61 Å². The van der Waals surface area contributed by atoms with Crippen molar-refractivity contribution in [2.45, 2.75) is 13.5 Å². The zero-order chi connectivity index (χ0) is 18.2. The summed E-state index contributed by atoms with van der Waals surface area (Å²) >= 11 is 12.8. The normalized spacial score (nSPS) is 10.7. The highest BCUT2D eigenvalue weighted by Crippen LogP contribution is 2.34. The standard InChI is InChI=1S/C17H17ClIN3O2S/c1-2-23-15-8-12(9-21-22-17(20)25)7-14(19)16(15)24-10-11-3-5-13(18)6-4-11/h3-9H,2,10H2,1H3,(H3,20,22,25)/b21-9-. The van der Waals surface area contributed by atoms with Crippen LogP contribution < -0.4 is 20.6 Å². The van der Waals surface area contributed by atoms with Gasteiger partial charge in [0.05, 0.1) is 16.4 Å². The third-order valence-electron chi connectivity index (χ3n) is 3.02. The Bertz CT molecular complexity index is 769. The Balaban J connectivity index is 2.19. The van der Waals surface area contributed by atoms with Gasteiger partial charge >= 0.3 is 0 Å². The summed E-state index contributed by atoms with van der Waals surface area (Å²) in [6.45, 7) is 2.87.